The van der Waals surface area contributed by atoms with Gasteiger partial charge in [0, 0.05) is 28.6 Å². The van der Waals surface area contributed by atoms with Gasteiger partial charge in [-0.3, -0.25) is 10.1 Å². The Balaban J connectivity index is 1.33. The van der Waals surface area contributed by atoms with Gasteiger partial charge in [0.2, 0.25) is 10.0 Å². The quantitative estimate of drug-likeness (QED) is 0.549. The number of hydrogen-bond donors (Lipinski definition) is 1. The molecule has 2 aromatic carbocycles. The monoisotopic (exact) mass is 481 g/mol. The minimum absolute atomic E-state index is 0.0489. The van der Waals surface area contributed by atoms with Gasteiger partial charge in [-0.05, 0) is 61.9 Å². The number of carbonyl (C=O) groups excluding carboxylic acids is 1. The summed E-state index contributed by atoms with van der Waals surface area (Å²) < 4.78 is 27.9. The first-order valence-electron chi connectivity index (χ1n) is 11.5. The SMILES string of the molecule is CCC1CCCCN1S(=O)(=O)c1ccc(C(=O)Nc2nc3c(s2)CCc2ccccc2-3)cc1. The lowest BCUT2D eigenvalue weighted by atomic mass is 9.94. The minimum Gasteiger partial charge on any atom is -0.298 e. The van der Waals surface area contributed by atoms with Crippen LogP contribution in [0.4, 0.5) is 5.13 Å². The van der Waals surface area contributed by atoms with Crippen LogP contribution < -0.4 is 5.32 Å². The number of piperidine rings is 1. The number of thiazole rings is 1. The van der Waals surface area contributed by atoms with E-state index in [1.54, 1.807) is 16.4 Å². The second-order valence-corrected chi connectivity index (χ2v) is 11.6. The van der Waals surface area contributed by atoms with Crippen molar-refractivity contribution in [2.75, 3.05) is 11.9 Å². The third kappa shape index (κ3) is 4.23. The first kappa shape index (κ1) is 22.3. The predicted octanol–water partition coefficient (Wildman–Crippen LogP) is 5.11. The second-order valence-electron chi connectivity index (χ2n) is 8.60. The van der Waals surface area contributed by atoms with Crippen molar-refractivity contribution >= 4 is 32.4 Å². The molecule has 5 rings (SSSR count). The third-order valence-corrected chi connectivity index (χ3v) is 9.58. The maximum Gasteiger partial charge on any atom is 0.257 e. The van der Waals surface area contributed by atoms with E-state index in [1.165, 1.54) is 33.9 Å². The fourth-order valence-corrected chi connectivity index (χ4v) is 7.52. The van der Waals surface area contributed by atoms with Crippen molar-refractivity contribution in [3.63, 3.8) is 0 Å². The summed E-state index contributed by atoms with van der Waals surface area (Å²) in [6.45, 7) is 2.59. The zero-order valence-corrected chi connectivity index (χ0v) is 20.2. The number of benzene rings is 2. The summed E-state index contributed by atoms with van der Waals surface area (Å²) >= 11 is 1.51. The van der Waals surface area contributed by atoms with E-state index in [9.17, 15) is 13.2 Å². The Morgan fingerprint density at radius 1 is 1.12 bits per heavy atom. The van der Waals surface area contributed by atoms with E-state index in [-0.39, 0.29) is 16.8 Å². The van der Waals surface area contributed by atoms with Gasteiger partial charge in [0.25, 0.3) is 5.91 Å². The molecule has 1 amide bonds. The van der Waals surface area contributed by atoms with E-state index in [0.29, 0.717) is 17.2 Å². The molecule has 1 fully saturated rings. The van der Waals surface area contributed by atoms with Crippen molar-refractivity contribution in [1.82, 2.24) is 9.29 Å². The van der Waals surface area contributed by atoms with Crippen LogP contribution in [0.25, 0.3) is 11.3 Å². The largest absolute Gasteiger partial charge is 0.298 e. The standard InChI is InChI=1S/C25H27N3O3S2/c1-2-19-8-5-6-16-28(19)33(30,31)20-13-10-18(11-14-20)24(29)27-25-26-23-21-9-4-3-7-17(21)12-15-22(23)32-25/h3-4,7,9-11,13-14,19H,2,5-6,8,12,15-16H2,1H3,(H,26,27,29). The number of aryl methyl sites for hydroxylation is 2. The van der Waals surface area contributed by atoms with E-state index in [4.69, 9.17) is 0 Å². The number of anilines is 1. The number of fused-ring (bicyclic) bond motifs is 3. The highest BCUT2D eigenvalue weighted by Crippen LogP contribution is 2.38. The maximum absolute atomic E-state index is 13.2. The molecule has 33 heavy (non-hydrogen) atoms. The first-order valence-corrected chi connectivity index (χ1v) is 13.7. The van der Waals surface area contributed by atoms with Crippen molar-refractivity contribution in [1.29, 1.82) is 0 Å². The van der Waals surface area contributed by atoms with E-state index in [0.717, 1.165) is 49.8 Å². The Morgan fingerprint density at radius 3 is 2.70 bits per heavy atom. The van der Waals surface area contributed by atoms with Gasteiger partial charge in [-0.2, -0.15) is 4.31 Å². The molecule has 1 N–H and O–H groups in total. The average Bonchev–Trinajstić information content (AvgIpc) is 3.27. The van der Waals surface area contributed by atoms with Crippen molar-refractivity contribution in [2.45, 2.75) is 56.4 Å². The van der Waals surface area contributed by atoms with Gasteiger partial charge in [0.15, 0.2) is 5.13 Å². The molecule has 3 aromatic rings. The number of hydrogen-bond acceptors (Lipinski definition) is 5. The van der Waals surface area contributed by atoms with Crippen LogP contribution >= 0.6 is 11.3 Å². The van der Waals surface area contributed by atoms with Crippen LogP contribution in [-0.4, -0.2) is 36.2 Å². The van der Waals surface area contributed by atoms with Crippen LogP contribution in [0.1, 0.15) is 53.4 Å². The molecule has 8 heteroatoms. The second kappa shape index (κ2) is 9.00. The van der Waals surface area contributed by atoms with Crippen LogP contribution in [0.15, 0.2) is 53.4 Å². The van der Waals surface area contributed by atoms with E-state index < -0.39 is 10.0 Å². The lowest BCUT2D eigenvalue weighted by Crippen LogP contribution is -2.43. The zero-order valence-electron chi connectivity index (χ0n) is 18.6. The molecule has 1 aliphatic heterocycles. The molecule has 1 atom stereocenters. The molecule has 2 heterocycles. The van der Waals surface area contributed by atoms with Crippen molar-refractivity contribution in [3.8, 4) is 11.3 Å². The van der Waals surface area contributed by atoms with Gasteiger partial charge in [-0.25, -0.2) is 13.4 Å². The Morgan fingerprint density at radius 2 is 1.91 bits per heavy atom. The summed E-state index contributed by atoms with van der Waals surface area (Å²) in [6.07, 6.45) is 5.56. The molecule has 0 saturated carbocycles. The summed E-state index contributed by atoms with van der Waals surface area (Å²) in [5, 5.41) is 3.46. The average molecular weight is 482 g/mol. The molecule has 2 aliphatic rings. The smallest absolute Gasteiger partial charge is 0.257 e. The van der Waals surface area contributed by atoms with Crippen LogP contribution in [0, 0.1) is 0 Å². The normalized spacial score (nSPS) is 18.4. The fraction of sp³-hybridized carbons (Fsp3) is 0.360. The summed E-state index contributed by atoms with van der Waals surface area (Å²) in [4.78, 5) is 18.9. The van der Waals surface area contributed by atoms with Crippen LogP contribution in [0.3, 0.4) is 0 Å². The van der Waals surface area contributed by atoms with Crippen LogP contribution in [-0.2, 0) is 22.9 Å². The molecule has 1 unspecified atom stereocenters. The topological polar surface area (TPSA) is 79.4 Å². The van der Waals surface area contributed by atoms with Gasteiger partial charge in [-0.1, -0.05) is 37.6 Å². The highest BCUT2D eigenvalue weighted by atomic mass is 32.2. The molecule has 0 bridgehead atoms. The number of sulfonamides is 1. The Hall–Kier alpha value is -2.55. The number of nitrogens with zero attached hydrogens (tertiary/aromatic N) is 2. The Labute approximate surface area is 198 Å². The fourth-order valence-electron chi connectivity index (χ4n) is 4.78. The molecule has 6 nitrogen and oxygen atoms in total. The van der Waals surface area contributed by atoms with E-state index in [2.05, 4.69) is 22.4 Å². The lowest BCUT2D eigenvalue weighted by Gasteiger charge is -2.34. The molecule has 0 radical (unpaired) electrons. The molecule has 1 aromatic heterocycles. The van der Waals surface area contributed by atoms with Crippen molar-refractivity contribution in [2.24, 2.45) is 0 Å². The summed E-state index contributed by atoms with van der Waals surface area (Å²) in [5.41, 5.74) is 3.77. The highest BCUT2D eigenvalue weighted by Gasteiger charge is 2.32. The first-order chi connectivity index (χ1) is 16.0. The molecule has 0 spiro atoms. The van der Waals surface area contributed by atoms with Gasteiger partial charge in [-0.15, -0.1) is 11.3 Å². The number of nitrogens with one attached hydrogen (secondary N) is 1. The lowest BCUT2D eigenvalue weighted by molar-refractivity contribution is 0.102. The van der Waals surface area contributed by atoms with Gasteiger partial charge in [0.1, 0.15) is 0 Å². The number of rotatable bonds is 5. The number of aromatic nitrogens is 1. The Kier molecular flexibility index (Phi) is 6.07. The molecule has 1 aliphatic carbocycles. The Bertz CT molecular complexity index is 1280. The highest BCUT2D eigenvalue weighted by molar-refractivity contribution is 7.89. The van der Waals surface area contributed by atoms with Gasteiger partial charge in [0.05, 0.1) is 10.6 Å². The van der Waals surface area contributed by atoms with Crippen LogP contribution in [0.5, 0.6) is 0 Å². The van der Waals surface area contributed by atoms with Crippen LogP contribution in [0.2, 0.25) is 0 Å². The number of amides is 1. The minimum atomic E-state index is -3.56. The predicted molar refractivity (Wildman–Crippen MR) is 131 cm³/mol. The van der Waals surface area contributed by atoms with E-state index in [1.807, 2.05) is 19.1 Å². The molecular formula is C25H27N3O3S2. The third-order valence-electron chi connectivity index (χ3n) is 6.58. The summed E-state index contributed by atoms with van der Waals surface area (Å²) in [5.74, 6) is -0.289. The summed E-state index contributed by atoms with van der Waals surface area (Å²) in [7, 11) is -3.56. The van der Waals surface area contributed by atoms with Gasteiger partial charge >= 0.3 is 0 Å². The van der Waals surface area contributed by atoms with Crippen molar-refractivity contribution < 1.29 is 13.2 Å². The molecular weight excluding hydrogens is 454 g/mol. The zero-order chi connectivity index (χ0) is 23.0. The van der Waals surface area contributed by atoms with Crippen molar-refractivity contribution in [3.05, 3.63) is 64.5 Å². The molecule has 172 valence electrons. The number of carbonyl (C=O) groups is 1. The van der Waals surface area contributed by atoms with Gasteiger partial charge < -0.3 is 0 Å². The van der Waals surface area contributed by atoms with E-state index >= 15 is 0 Å². The summed E-state index contributed by atoms with van der Waals surface area (Å²) in [6, 6.07) is 14.5. The molecule has 1 saturated heterocycles. The maximum atomic E-state index is 13.2.